The lowest BCUT2D eigenvalue weighted by Gasteiger charge is -2.36. The van der Waals surface area contributed by atoms with Crippen molar-refractivity contribution in [3.63, 3.8) is 0 Å². The molecule has 0 radical (unpaired) electrons. The van der Waals surface area contributed by atoms with Crippen molar-refractivity contribution in [2.75, 3.05) is 5.43 Å². The fraction of sp³-hybridized carbons (Fsp3) is 0.333. The first kappa shape index (κ1) is 17.0. The van der Waals surface area contributed by atoms with Gasteiger partial charge in [-0.25, -0.2) is 0 Å². The van der Waals surface area contributed by atoms with Gasteiger partial charge in [-0.2, -0.15) is 26.3 Å². The maximum Gasteiger partial charge on any atom is 0.420 e. The van der Waals surface area contributed by atoms with E-state index < -0.39 is 23.7 Å². The molecule has 0 spiro atoms. The van der Waals surface area contributed by atoms with E-state index in [2.05, 4.69) is 17.4 Å². The summed E-state index contributed by atoms with van der Waals surface area (Å²) in [5.41, 5.74) is 0.903. The van der Waals surface area contributed by atoms with Gasteiger partial charge >= 0.3 is 12.4 Å². The third-order valence-corrected chi connectivity index (χ3v) is 2.67. The topological polar surface area (TPSA) is 36.1 Å². The number of anilines is 1. The molecule has 0 aliphatic carbocycles. The van der Waals surface area contributed by atoms with Crippen LogP contribution in [0.25, 0.3) is 0 Å². The first-order valence-corrected chi connectivity index (χ1v) is 5.65. The molecule has 1 rings (SSSR count). The lowest BCUT2D eigenvalue weighted by atomic mass is 10.0. The Hall–Kier alpha value is -2.06. The van der Waals surface area contributed by atoms with Crippen molar-refractivity contribution in [2.45, 2.75) is 24.8 Å². The Morgan fingerprint density at radius 2 is 1.43 bits per heavy atom. The number of hydrazine groups is 1. The predicted octanol–water partition coefficient (Wildman–Crippen LogP) is 3.55. The van der Waals surface area contributed by atoms with E-state index in [1.807, 2.05) is 0 Å². The Labute approximate surface area is 117 Å². The van der Waals surface area contributed by atoms with Gasteiger partial charge in [0.05, 0.1) is 5.69 Å². The highest BCUT2D eigenvalue weighted by Gasteiger charge is 2.68. The number of rotatable bonds is 5. The lowest BCUT2D eigenvalue weighted by Crippen LogP contribution is -2.64. The summed E-state index contributed by atoms with van der Waals surface area (Å²) in [6, 6.07) is 8.09. The third-order valence-electron chi connectivity index (χ3n) is 2.67. The number of benzene rings is 1. The molecule has 0 heterocycles. The lowest BCUT2D eigenvalue weighted by molar-refractivity contribution is -0.299. The summed E-state index contributed by atoms with van der Waals surface area (Å²) in [6.45, 7) is 3.10. The highest BCUT2D eigenvalue weighted by Crippen LogP contribution is 2.42. The van der Waals surface area contributed by atoms with Crippen molar-refractivity contribution in [1.82, 2.24) is 10.7 Å². The van der Waals surface area contributed by atoms with Gasteiger partial charge in [0.25, 0.3) is 0 Å². The summed E-state index contributed by atoms with van der Waals surface area (Å²) in [5.74, 6) is -0.670. The van der Waals surface area contributed by atoms with Crippen LogP contribution in [0.1, 0.15) is 6.92 Å². The first-order chi connectivity index (χ1) is 9.47. The summed E-state index contributed by atoms with van der Waals surface area (Å²) < 4.78 is 75.9. The molecule has 9 heteroatoms. The van der Waals surface area contributed by atoms with Gasteiger partial charge in [0.15, 0.2) is 0 Å². The summed E-state index contributed by atoms with van der Waals surface area (Å²) in [6.07, 6.45) is -11.1. The van der Waals surface area contributed by atoms with Crippen molar-refractivity contribution in [1.29, 1.82) is 0 Å². The van der Waals surface area contributed by atoms with Crippen LogP contribution >= 0.6 is 0 Å². The Kier molecular flexibility index (Phi) is 4.65. The van der Waals surface area contributed by atoms with Gasteiger partial charge in [0, 0.05) is 0 Å². The fourth-order valence-corrected chi connectivity index (χ4v) is 1.30. The number of alkyl halides is 6. The Morgan fingerprint density at radius 1 is 0.952 bits per heavy atom. The average Bonchev–Trinajstić information content (AvgIpc) is 2.35. The van der Waals surface area contributed by atoms with Crippen molar-refractivity contribution in [2.24, 2.45) is 0 Å². The molecule has 21 heavy (non-hydrogen) atoms. The predicted molar refractivity (Wildman–Crippen MR) is 66.0 cm³/mol. The Bertz CT molecular complexity index is 466. The molecule has 1 aromatic carbocycles. The molecule has 1 aromatic rings. The van der Waals surface area contributed by atoms with Gasteiger partial charge in [-0.15, -0.1) is 0 Å². The number of nitrogens with one attached hydrogen (secondary N) is 3. The van der Waals surface area contributed by atoms with Crippen LogP contribution in [-0.4, -0.2) is 17.9 Å². The molecule has 0 aromatic heterocycles. The number of halogens is 6. The maximum atomic E-state index is 12.7. The van der Waals surface area contributed by atoms with E-state index >= 15 is 0 Å². The molecular weight excluding hydrogens is 300 g/mol. The quantitative estimate of drug-likeness (QED) is 0.575. The first-order valence-electron chi connectivity index (χ1n) is 5.65. The molecule has 0 unspecified atom stereocenters. The van der Waals surface area contributed by atoms with Gasteiger partial charge in [-0.3, -0.25) is 10.9 Å². The van der Waals surface area contributed by atoms with Gasteiger partial charge in [-0.1, -0.05) is 24.8 Å². The summed E-state index contributed by atoms with van der Waals surface area (Å²) in [4.78, 5) is 0. The zero-order valence-electron chi connectivity index (χ0n) is 10.9. The molecule has 0 saturated heterocycles. The fourth-order valence-electron chi connectivity index (χ4n) is 1.30. The number of hydrogen-bond acceptors (Lipinski definition) is 3. The average molecular weight is 313 g/mol. The molecule has 0 fully saturated rings. The molecule has 0 atom stereocenters. The van der Waals surface area contributed by atoms with E-state index in [0.29, 0.717) is 5.69 Å². The minimum absolute atomic E-state index is 0.00236. The zero-order chi connectivity index (χ0) is 16.3. The number of para-hydroxylation sites is 1. The minimum Gasteiger partial charge on any atom is -0.350 e. The molecule has 3 nitrogen and oxygen atoms in total. The normalized spacial score (nSPS) is 12.7. The van der Waals surface area contributed by atoms with Gasteiger partial charge < -0.3 is 5.32 Å². The highest BCUT2D eigenvalue weighted by atomic mass is 19.4. The molecule has 0 amide bonds. The maximum absolute atomic E-state index is 12.7. The van der Waals surface area contributed by atoms with Crippen LogP contribution in [0.2, 0.25) is 0 Å². The van der Waals surface area contributed by atoms with E-state index in [-0.39, 0.29) is 6.92 Å². The largest absolute Gasteiger partial charge is 0.420 e. The van der Waals surface area contributed by atoms with Crippen LogP contribution in [0.4, 0.5) is 32.0 Å². The van der Waals surface area contributed by atoms with E-state index in [9.17, 15) is 26.3 Å². The van der Waals surface area contributed by atoms with Crippen molar-refractivity contribution in [3.8, 4) is 0 Å². The van der Waals surface area contributed by atoms with Crippen LogP contribution in [0, 0.1) is 0 Å². The standard InChI is InChI=1S/C12H13F6N3/c1-8(20-21-9-6-4-3-5-7-9)19-10(2,11(13,14)15)12(16,17)18/h3-7,19-21H,1H2,2H3. The molecule has 3 N–H and O–H groups in total. The van der Waals surface area contributed by atoms with E-state index in [1.165, 1.54) is 5.32 Å². The van der Waals surface area contributed by atoms with Gasteiger partial charge in [0.2, 0.25) is 5.54 Å². The molecule has 118 valence electrons. The summed E-state index contributed by atoms with van der Waals surface area (Å²) >= 11 is 0. The molecule has 0 aliphatic heterocycles. The monoisotopic (exact) mass is 313 g/mol. The van der Waals surface area contributed by atoms with Gasteiger partial charge in [0.1, 0.15) is 5.82 Å². The van der Waals surface area contributed by atoms with Gasteiger partial charge in [-0.05, 0) is 19.1 Å². The number of hydrogen-bond donors (Lipinski definition) is 3. The molecule has 0 bridgehead atoms. The zero-order valence-corrected chi connectivity index (χ0v) is 10.9. The van der Waals surface area contributed by atoms with Crippen molar-refractivity contribution < 1.29 is 26.3 Å². The highest BCUT2D eigenvalue weighted by molar-refractivity contribution is 5.41. The van der Waals surface area contributed by atoms with Crippen molar-refractivity contribution in [3.05, 3.63) is 42.7 Å². The van der Waals surface area contributed by atoms with Crippen LogP contribution < -0.4 is 16.2 Å². The molecule has 0 saturated carbocycles. The van der Waals surface area contributed by atoms with Crippen LogP contribution in [-0.2, 0) is 0 Å². The summed E-state index contributed by atoms with van der Waals surface area (Å²) in [7, 11) is 0. The summed E-state index contributed by atoms with van der Waals surface area (Å²) in [5, 5.41) is 1.33. The Balaban J connectivity index is 2.75. The smallest absolute Gasteiger partial charge is 0.350 e. The van der Waals surface area contributed by atoms with Crippen LogP contribution in [0.5, 0.6) is 0 Å². The van der Waals surface area contributed by atoms with E-state index in [4.69, 9.17) is 0 Å². The SMILES string of the molecule is C=C(NNc1ccccc1)NC(C)(C(F)(F)F)C(F)(F)F. The van der Waals surface area contributed by atoms with E-state index in [0.717, 1.165) is 0 Å². The third kappa shape index (κ3) is 3.96. The van der Waals surface area contributed by atoms with Crippen molar-refractivity contribution >= 4 is 5.69 Å². The minimum atomic E-state index is -5.54. The Morgan fingerprint density at radius 3 is 1.86 bits per heavy atom. The second-order valence-electron chi connectivity index (χ2n) is 4.34. The molecular formula is C12H13F6N3. The van der Waals surface area contributed by atoms with E-state index in [1.54, 1.807) is 30.3 Å². The second kappa shape index (κ2) is 5.74. The molecule has 0 aliphatic rings. The van der Waals surface area contributed by atoms with Crippen LogP contribution in [0.15, 0.2) is 42.7 Å². The second-order valence-corrected chi connectivity index (χ2v) is 4.34. The van der Waals surface area contributed by atoms with Crippen LogP contribution in [0.3, 0.4) is 0 Å².